The molecule has 20 heavy (non-hydrogen) atoms. The molecule has 0 unspecified atom stereocenters. The number of hydrogen-bond acceptors (Lipinski definition) is 7. The van der Waals surface area contributed by atoms with Crippen molar-refractivity contribution in [3.63, 3.8) is 0 Å². The summed E-state index contributed by atoms with van der Waals surface area (Å²) in [6.45, 7) is 3.60. The van der Waals surface area contributed by atoms with Crippen molar-refractivity contribution >= 4 is 38.9 Å². The zero-order valence-electron chi connectivity index (χ0n) is 10.6. The highest BCUT2D eigenvalue weighted by molar-refractivity contribution is 7.16. The predicted molar refractivity (Wildman–Crippen MR) is 76.9 cm³/mol. The molecule has 7 heteroatoms. The Kier molecular flexibility index (Phi) is 3.15. The van der Waals surface area contributed by atoms with E-state index in [1.165, 1.54) is 17.4 Å². The van der Waals surface area contributed by atoms with E-state index in [2.05, 4.69) is 4.98 Å². The Balaban J connectivity index is 1.90. The second-order valence-electron chi connectivity index (χ2n) is 4.10. The van der Waals surface area contributed by atoms with E-state index in [0.29, 0.717) is 21.9 Å². The van der Waals surface area contributed by atoms with Crippen LogP contribution in [0.5, 0.6) is 5.75 Å². The van der Waals surface area contributed by atoms with Gasteiger partial charge in [0.2, 0.25) is 0 Å². The third-order valence-corrected chi connectivity index (χ3v) is 4.46. The Morgan fingerprint density at radius 3 is 2.80 bits per heavy atom. The number of benzene rings is 1. The number of esters is 1. The number of thiazole rings is 1. The number of carbonyl (C=O) groups is 1. The van der Waals surface area contributed by atoms with Gasteiger partial charge in [0.15, 0.2) is 5.58 Å². The first-order valence-corrected chi connectivity index (χ1v) is 7.36. The Morgan fingerprint density at radius 2 is 2.10 bits per heavy atom. The molecule has 0 saturated carbocycles. The van der Waals surface area contributed by atoms with Crippen molar-refractivity contribution in [2.45, 2.75) is 13.8 Å². The van der Waals surface area contributed by atoms with Crippen LogP contribution in [0.1, 0.15) is 20.4 Å². The van der Waals surface area contributed by atoms with Crippen molar-refractivity contribution in [3.05, 3.63) is 43.5 Å². The van der Waals surface area contributed by atoms with Crippen molar-refractivity contribution in [3.8, 4) is 5.75 Å². The third kappa shape index (κ3) is 2.37. The Morgan fingerprint density at radius 1 is 1.30 bits per heavy atom. The van der Waals surface area contributed by atoms with Gasteiger partial charge in [-0.1, -0.05) is 11.3 Å². The Labute approximate surface area is 121 Å². The third-order valence-electron chi connectivity index (χ3n) is 2.60. The van der Waals surface area contributed by atoms with Crippen LogP contribution in [0, 0.1) is 13.8 Å². The summed E-state index contributed by atoms with van der Waals surface area (Å²) in [5.41, 5.74) is 1.07. The van der Waals surface area contributed by atoms with Crippen LogP contribution in [0.2, 0.25) is 0 Å². The van der Waals surface area contributed by atoms with Gasteiger partial charge in [0.05, 0.1) is 15.4 Å². The van der Waals surface area contributed by atoms with Gasteiger partial charge in [-0.15, -0.1) is 11.3 Å². The molecule has 0 spiro atoms. The van der Waals surface area contributed by atoms with Crippen LogP contribution in [0.3, 0.4) is 0 Å². The summed E-state index contributed by atoms with van der Waals surface area (Å²) in [7, 11) is 0. The second-order valence-corrected chi connectivity index (χ2v) is 6.28. The molecule has 0 aliphatic rings. The van der Waals surface area contributed by atoms with E-state index in [4.69, 9.17) is 9.15 Å². The SMILES string of the molecule is Cc1nc(C)c(C(=O)Oc2ccc3sc(=O)oc3c2)s1. The van der Waals surface area contributed by atoms with Gasteiger partial charge in [-0.05, 0) is 26.0 Å². The minimum absolute atomic E-state index is 0.342. The first-order chi connectivity index (χ1) is 9.52. The lowest BCUT2D eigenvalue weighted by Crippen LogP contribution is -2.07. The van der Waals surface area contributed by atoms with Crippen LogP contribution >= 0.6 is 22.7 Å². The van der Waals surface area contributed by atoms with Crippen molar-refractivity contribution in [2.24, 2.45) is 0 Å². The fourth-order valence-electron chi connectivity index (χ4n) is 1.79. The van der Waals surface area contributed by atoms with Gasteiger partial charge in [0, 0.05) is 6.07 Å². The van der Waals surface area contributed by atoms with Gasteiger partial charge < -0.3 is 9.15 Å². The molecule has 0 atom stereocenters. The second kappa shape index (κ2) is 4.84. The highest BCUT2D eigenvalue weighted by Crippen LogP contribution is 2.25. The van der Waals surface area contributed by atoms with Crippen LogP contribution in [-0.2, 0) is 0 Å². The Hall–Kier alpha value is -1.99. The smallest absolute Gasteiger partial charge is 0.396 e. The molecule has 1 aromatic carbocycles. The fraction of sp³-hybridized carbons (Fsp3) is 0.154. The number of fused-ring (bicyclic) bond motifs is 1. The minimum atomic E-state index is -0.454. The predicted octanol–water partition coefficient (Wildman–Crippen LogP) is 3.15. The molecule has 0 radical (unpaired) electrons. The topological polar surface area (TPSA) is 69.4 Å². The molecule has 5 nitrogen and oxygen atoms in total. The van der Waals surface area contributed by atoms with Gasteiger partial charge in [-0.3, -0.25) is 0 Å². The minimum Gasteiger partial charge on any atom is -0.422 e. The molecule has 0 saturated heterocycles. The molecule has 0 N–H and O–H groups in total. The van der Waals surface area contributed by atoms with Crippen LogP contribution in [0.4, 0.5) is 0 Å². The molecule has 2 heterocycles. The van der Waals surface area contributed by atoms with Crippen molar-refractivity contribution in [2.75, 3.05) is 0 Å². The lowest BCUT2D eigenvalue weighted by Gasteiger charge is -2.02. The van der Waals surface area contributed by atoms with Crippen molar-refractivity contribution in [1.29, 1.82) is 0 Å². The molecule has 0 aliphatic carbocycles. The number of rotatable bonds is 2. The lowest BCUT2D eigenvalue weighted by atomic mass is 10.3. The van der Waals surface area contributed by atoms with E-state index in [1.54, 1.807) is 19.1 Å². The van der Waals surface area contributed by atoms with E-state index >= 15 is 0 Å². The van der Waals surface area contributed by atoms with Crippen LogP contribution in [-0.4, -0.2) is 11.0 Å². The maximum Gasteiger partial charge on any atom is 0.396 e. The summed E-state index contributed by atoms with van der Waals surface area (Å²) in [6, 6.07) is 4.86. The summed E-state index contributed by atoms with van der Waals surface area (Å²) in [5, 5.41) is 0.814. The number of aromatic nitrogens is 1. The van der Waals surface area contributed by atoms with Crippen molar-refractivity contribution < 1.29 is 13.9 Å². The van der Waals surface area contributed by atoms with Gasteiger partial charge in [-0.2, -0.15) is 0 Å². The van der Waals surface area contributed by atoms with E-state index in [0.717, 1.165) is 21.0 Å². The summed E-state index contributed by atoms with van der Waals surface area (Å²) in [4.78, 5) is 27.5. The average Bonchev–Trinajstić information content (AvgIpc) is 2.90. The molecule has 2 aromatic heterocycles. The standard InChI is InChI=1S/C13H9NO4S2/c1-6-11(19-7(2)14-6)12(15)17-8-3-4-10-9(5-8)18-13(16)20-10/h3-5H,1-2H3. The fourth-order valence-corrected chi connectivity index (χ4v) is 3.24. The number of nitrogens with zero attached hydrogens (tertiary/aromatic N) is 1. The maximum absolute atomic E-state index is 12.0. The molecule has 0 amide bonds. The number of hydrogen-bond donors (Lipinski definition) is 0. The maximum atomic E-state index is 12.0. The number of aryl methyl sites for hydroxylation is 2. The monoisotopic (exact) mass is 307 g/mol. The zero-order valence-corrected chi connectivity index (χ0v) is 12.3. The molecule has 3 aromatic rings. The van der Waals surface area contributed by atoms with E-state index in [9.17, 15) is 9.59 Å². The first kappa shape index (κ1) is 13.0. The normalized spacial score (nSPS) is 10.9. The molecule has 102 valence electrons. The average molecular weight is 307 g/mol. The van der Waals surface area contributed by atoms with E-state index < -0.39 is 5.97 Å². The summed E-state index contributed by atoms with van der Waals surface area (Å²) in [5.74, 6) is -0.112. The van der Waals surface area contributed by atoms with Gasteiger partial charge in [-0.25, -0.2) is 14.6 Å². The highest BCUT2D eigenvalue weighted by atomic mass is 32.1. The molecular weight excluding hydrogens is 298 g/mol. The van der Waals surface area contributed by atoms with Crippen molar-refractivity contribution in [1.82, 2.24) is 4.98 Å². The molecule has 3 rings (SSSR count). The summed E-state index contributed by atoms with van der Waals surface area (Å²) in [6.07, 6.45) is 0. The van der Waals surface area contributed by atoms with E-state index in [1.807, 2.05) is 6.92 Å². The summed E-state index contributed by atoms with van der Waals surface area (Å²) >= 11 is 2.30. The molecule has 0 bridgehead atoms. The molecule has 0 aliphatic heterocycles. The largest absolute Gasteiger partial charge is 0.422 e. The summed E-state index contributed by atoms with van der Waals surface area (Å²) < 4.78 is 11.0. The van der Waals surface area contributed by atoms with Crippen LogP contribution in [0.15, 0.2) is 27.4 Å². The van der Waals surface area contributed by atoms with Crippen LogP contribution < -0.4 is 9.68 Å². The zero-order chi connectivity index (χ0) is 14.3. The molecule has 0 fully saturated rings. The number of ether oxygens (including phenoxy) is 1. The van der Waals surface area contributed by atoms with Gasteiger partial charge >= 0.3 is 10.9 Å². The quantitative estimate of drug-likeness (QED) is 0.537. The lowest BCUT2D eigenvalue weighted by molar-refractivity contribution is 0.0739. The Bertz CT molecular complexity index is 859. The molecular formula is C13H9NO4S2. The van der Waals surface area contributed by atoms with Gasteiger partial charge in [0.1, 0.15) is 10.6 Å². The van der Waals surface area contributed by atoms with E-state index in [-0.39, 0.29) is 4.94 Å². The van der Waals surface area contributed by atoms with Gasteiger partial charge in [0.25, 0.3) is 0 Å². The highest BCUT2D eigenvalue weighted by Gasteiger charge is 2.16. The van der Waals surface area contributed by atoms with Crippen LogP contribution in [0.25, 0.3) is 10.3 Å². The number of carbonyl (C=O) groups excluding carboxylic acids is 1. The first-order valence-electron chi connectivity index (χ1n) is 5.73.